The summed E-state index contributed by atoms with van der Waals surface area (Å²) in [6.45, 7) is 11.2. The minimum absolute atomic E-state index is 0.141. The lowest BCUT2D eigenvalue weighted by molar-refractivity contribution is -0.382. The first-order valence-electron chi connectivity index (χ1n) is 16.5. The summed E-state index contributed by atoms with van der Waals surface area (Å²) < 4.78 is 282. The van der Waals surface area contributed by atoms with Gasteiger partial charge >= 0.3 is 58.5 Å². The Morgan fingerprint density at radius 2 is 0.803 bits per heavy atom. The zero-order valence-corrected chi connectivity index (χ0v) is 35.1. The summed E-state index contributed by atoms with van der Waals surface area (Å²) in [6, 6.07) is 0. The topological polar surface area (TPSA) is 167 Å². The van der Waals surface area contributed by atoms with Gasteiger partial charge in [-0.15, -0.1) is 0 Å². The van der Waals surface area contributed by atoms with Gasteiger partial charge in [0.15, 0.2) is 20.2 Å². The van der Waals surface area contributed by atoms with Crippen molar-refractivity contribution in [3.8, 4) is 0 Å². The predicted molar refractivity (Wildman–Crippen MR) is 178 cm³/mol. The van der Waals surface area contributed by atoms with E-state index in [0.717, 1.165) is 23.0 Å². The van der Waals surface area contributed by atoms with Gasteiger partial charge in [-0.05, 0) is 65.2 Å². The summed E-state index contributed by atoms with van der Waals surface area (Å²) in [4.78, 5) is 24.2. The van der Waals surface area contributed by atoms with Crippen molar-refractivity contribution in [2.24, 2.45) is 10.8 Å². The van der Waals surface area contributed by atoms with Gasteiger partial charge in [0, 0.05) is 0 Å². The normalized spacial score (nSPS) is 19.7. The largest absolute Gasteiger partial charge is 0.743 e. The highest BCUT2D eigenvalue weighted by Gasteiger charge is 2.85. The highest BCUT2D eigenvalue weighted by molar-refractivity contribution is 7.97. The Hall–Kier alpha value is -1.80. The molecule has 10 nitrogen and oxygen atoms in total. The molecule has 2 heterocycles. The molecule has 2 fully saturated rings. The molecule has 2 aliphatic rings. The number of halogens is 18. The summed E-state index contributed by atoms with van der Waals surface area (Å²) >= 11 is 0. The Balaban J connectivity index is 0.000000930. The monoisotopic (exact) mass is 1020 g/mol. The minimum atomic E-state index is -7.43. The third-order valence-corrected chi connectivity index (χ3v) is 14.8. The number of ether oxygens (including phenoxy) is 2. The van der Waals surface area contributed by atoms with Crippen molar-refractivity contribution in [3.05, 3.63) is 0 Å². The average molecular weight is 1020 g/mol. The van der Waals surface area contributed by atoms with Crippen molar-refractivity contribution in [1.82, 2.24) is 0 Å². The highest BCUT2D eigenvalue weighted by atomic mass is 32.2. The van der Waals surface area contributed by atoms with Gasteiger partial charge in [-0.1, -0.05) is 27.7 Å². The lowest BCUT2D eigenvalue weighted by Gasteiger charge is -2.34. The van der Waals surface area contributed by atoms with Crippen molar-refractivity contribution in [2.45, 2.75) is 113 Å². The van der Waals surface area contributed by atoms with Gasteiger partial charge in [0.05, 0.1) is 0 Å². The first kappa shape index (κ1) is 59.2. The van der Waals surface area contributed by atoms with Gasteiger partial charge in [0.2, 0.25) is 11.5 Å². The number of esters is 2. The smallest absolute Gasteiger partial charge is 0.460 e. The third-order valence-electron chi connectivity index (χ3n) is 8.59. The summed E-state index contributed by atoms with van der Waals surface area (Å²) in [5.74, 6) is -24.4. The number of alkyl halides is 18. The lowest BCUT2D eigenvalue weighted by Crippen LogP contribution is -2.63. The van der Waals surface area contributed by atoms with Crippen molar-refractivity contribution >= 4 is 54.0 Å². The van der Waals surface area contributed by atoms with Gasteiger partial charge in [-0.3, -0.25) is 0 Å². The van der Waals surface area contributed by atoms with Crippen molar-refractivity contribution in [1.29, 1.82) is 0 Å². The molecular formula is C29H38F18O10S4. The molecule has 2 saturated heterocycles. The molecule has 0 radical (unpaired) electrons. The fourth-order valence-corrected chi connectivity index (χ4v) is 10.4. The van der Waals surface area contributed by atoms with Gasteiger partial charge < -0.3 is 18.6 Å². The Morgan fingerprint density at radius 1 is 0.541 bits per heavy atom. The van der Waals surface area contributed by atoms with Crippen molar-refractivity contribution in [3.63, 3.8) is 0 Å². The summed E-state index contributed by atoms with van der Waals surface area (Å²) in [7, 11) is -14.5. The molecule has 0 aromatic rings. The molecule has 1 unspecified atom stereocenters. The molecule has 1 atom stereocenters. The van der Waals surface area contributed by atoms with E-state index < -0.39 is 66.8 Å². The van der Waals surface area contributed by atoms with E-state index in [1.165, 1.54) is 25.7 Å². The van der Waals surface area contributed by atoms with E-state index in [2.05, 4.69) is 27.7 Å². The highest BCUT2D eigenvalue weighted by Crippen LogP contribution is 2.55. The number of hydrogen-bond acceptors (Lipinski definition) is 10. The van der Waals surface area contributed by atoms with Gasteiger partial charge in [-0.25, -0.2) is 26.4 Å². The molecule has 364 valence electrons. The second-order valence-corrected chi connectivity index (χ2v) is 22.4. The molecule has 0 bridgehead atoms. The quantitative estimate of drug-likeness (QED) is 0.0794. The zero-order valence-electron chi connectivity index (χ0n) is 31.9. The second-order valence-electron chi connectivity index (χ2n) is 14.9. The van der Waals surface area contributed by atoms with Crippen molar-refractivity contribution < 1.29 is 124 Å². The average Bonchev–Trinajstić information content (AvgIpc) is 3.04. The first-order valence-corrected chi connectivity index (χ1v) is 22.8. The van der Waals surface area contributed by atoms with Crippen LogP contribution in [0.4, 0.5) is 79.0 Å². The van der Waals surface area contributed by atoms with E-state index in [-0.39, 0.29) is 46.4 Å². The third kappa shape index (κ3) is 14.9. The van der Waals surface area contributed by atoms with E-state index in [9.17, 15) is 115 Å². The Kier molecular flexibility index (Phi) is 19.2. The summed E-state index contributed by atoms with van der Waals surface area (Å²) in [5.41, 5.74) is 0.842. The Labute approximate surface area is 342 Å². The van der Waals surface area contributed by atoms with Crippen LogP contribution in [0.2, 0.25) is 0 Å². The molecule has 61 heavy (non-hydrogen) atoms. The van der Waals surface area contributed by atoms with Gasteiger partial charge in [0.25, 0.3) is 0 Å². The first-order chi connectivity index (χ1) is 26.5. The standard InChI is InChI=1S/C21H38O4S2.2C4HF9O3S/c1-17(25-19(23)16-27-12-8-21(4,5)9-13-27)14-24-18(22)15-26-10-6-20(2,3)7-11-26;2*5-1(6,3(9,10)11)2(7,8)4(12,13)17(14,15)16/h17H,6-16H2,1-5H3;2*(H,14,15,16)/q+2;;/p-2. The van der Waals surface area contributed by atoms with Crippen LogP contribution in [-0.4, -0.2) is 132 Å². The molecule has 0 amide bonds. The maximum atomic E-state index is 12.2. The Morgan fingerprint density at radius 3 is 1.05 bits per heavy atom. The fraction of sp³-hybridized carbons (Fsp3) is 0.931. The van der Waals surface area contributed by atoms with Crippen LogP contribution in [0.15, 0.2) is 0 Å². The number of rotatable bonds is 13. The van der Waals surface area contributed by atoms with Crippen LogP contribution < -0.4 is 0 Å². The number of carbonyl (C=O) groups is 2. The Bertz CT molecular complexity index is 1620. The van der Waals surface area contributed by atoms with E-state index in [0.29, 0.717) is 22.3 Å². The number of carbonyl (C=O) groups excluding carboxylic acids is 2. The molecule has 0 saturated carbocycles. The van der Waals surface area contributed by atoms with E-state index >= 15 is 0 Å². The number of hydrogen-bond donors (Lipinski definition) is 0. The summed E-state index contributed by atoms with van der Waals surface area (Å²) in [5, 5.41) is -14.2. The molecule has 0 aromatic carbocycles. The van der Waals surface area contributed by atoms with Crippen LogP contribution in [0.5, 0.6) is 0 Å². The van der Waals surface area contributed by atoms with E-state index in [1.807, 2.05) is 6.92 Å². The second kappa shape index (κ2) is 19.7. The lowest BCUT2D eigenvalue weighted by atomic mass is 9.87. The van der Waals surface area contributed by atoms with Gasteiger partial charge in [-0.2, -0.15) is 79.0 Å². The van der Waals surface area contributed by atoms with Crippen LogP contribution in [0, 0.1) is 10.8 Å². The molecule has 2 rings (SSSR count). The molecule has 2 aliphatic heterocycles. The molecule has 0 N–H and O–H groups in total. The maximum absolute atomic E-state index is 12.2. The minimum Gasteiger partial charge on any atom is -0.743 e. The van der Waals surface area contributed by atoms with Crippen LogP contribution in [0.3, 0.4) is 0 Å². The van der Waals surface area contributed by atoms with Crippen LogP contribution in [0.25, 0.3) is 0 Å². The zero-order chi connectivity index (χ0) is 49.1. The van der Waals surface area contributed by atoms with E-state index in [4.69, 9.17) is 9.47 Å². The van der Waals surface area contributed by atoms with Crippen LogP contribution in [-0.2, 0) is 61.1 Å². The van der Waals surface area contributed by atoms with Crippen LogP contribution in [0.1, 0.15) is 60.3 Å². The van der Waals surface area contributed by atoms with Crippen LogP contribution >= 0.6 is 0 Å². The van der Waals surface area contributed by atoms with E-state index in [1.54, 1.807) is 0 Å². The molecule has 0 aromatic heterocycles. The predicted octanol–water partition coefficient (Wildman–Crippen LogP) is 7.25. The molecular weight excluding hydrogens is 979 g/mol. The molecule has 32 heteroatoms. The van der Waals surface area contributed by atoms with Gasteiger partial charge in [0.1, 0.15) is 35.7 Å². The summed E-state index contributed by atoms with van der Waals surface area (Å²) in [6.07, 6.45) is -9.92. The maximum Gasteiger partial charge on any atom is 0.460 e. The van der Waals surface area contributed by atoms with Crippen molar-refractivity contribution in [2.75, 3.05) is 41.1 Å². The molecule has 0 aliphatic carbocycles. The fourth-order valence-electron chi connectivity index (χ4n) is 4.34. The SMILES string of the molecule is CC(COC(=O)C[S+]1CCC(C)(C)CC1)OC(=O)C[S+]1CCC(C)(C)CC1.O=S(=O)([O-])C(F)(F)C(F)(F)C(F)(F)C(F)(F)F.O=S(=O)([O-])C(F)(F)C(F)(F)C(F)(F)C(F)(F)F. The molecule has 0 spiro atoms.